The molecule has 4 aliphatic heterocycles. The average molecular weight is 794 g/mol. The highest BCUT2D eigenvalue weighted by Crippen LogP contribution is 2.38. The quantitative estimate of drug-likeness (QED) is 0.298. The van der Waals surface area contributed by atoms with E-state index in [1.807, 2.05) is 63.5 Å². The zero-order valence-electron chi connectivity index (χ0n) is 33.0. The number of carbonyl (C=O) groups excluding carboxylic acids is 3. The van der Waals surface area contributed by atoms with Crippen molar-refractivity contribution in [3.8, 4) is 11.5 Å². The molecule has 0 aliphatic carbocycles. The van der Waals surface area contributed by atoms with Crippen LogP contribution in [0.4, 0.5) is 9.59 Å². The van der Waals surface area contributed by atoms with Crippen LogP contribution in [0, 0.1) is 23.7 Å². The summed E-state index contributed by atoms with van der Waals surface area (Å²) in [6, 6.07) is 11.2. The summed E-state index contributed by atoms with van der Waals surface area (Å²) in [6.07, 6.45) is -0.342. The molecule has 4 aliphatic rings. The second-order valence-electron chi connectivity index (χ2n) is 16.4. The van der Waals surface area contributed by atoms with Crippen molar-refractivity contribution in [2.75, 3.05) is 66.6 Å². The maximum Gasteiger partial charge on any atom is 0.410 e. The molecule has 54 heavy (non-hydrogen) atoms. The Hall–Kier alpha value is -3.25. The van der Waals surface area contributed by atoms with Gasteiger partial charge in [0.2, 0.25) is 0 Å². The fraction of sp³-hybridized carbons (Fsp3) is 0.634. The Balaban J connectivity index is 0.000000237. The lowest BCUT2D eigenvalue weighted by Crippen LogP contribution is -2.37. The Morgan fingerprint density at radius 3 is 1.56 bits per heavy atom. The van der Waals surface area contributed by atoms with Crippen molar-refractivity contribution in [1.82, 2.24) is 20.0 Å². The molecular formula is C41H62Cl2N4O7. The van der Waals surface area contributed by atoms with Gasteiger partial charge in [0.1, 0.15) is 22.7 Å². The van der Waals surface area contributed by atoms with Gasteiger partial charge in [0.05, 0.1) is 24.3 Å². The topological polar surface area (TPSA) is 110 Å². The Bertz CT molecular complexity index is 1570. The number of Topliss-reactive ketones (excluding diaryl/α,β-unsaturated/α-hetero) is 1. The monoisotopic (exact) mass is 792 g/mol. The molecule has 0 spiro atoms. The molecule has 5 atom stereocenters. The van der Waals surface area contributed by atoms with Crippen molar-refractivity contribution >= 4 is 41.2 Å². The van der Waals surface area contributed by atoms with E-state index in [9.17, 15) is 14.4 Å². The Kier molecular flexibility index (Phi) is 15.9. The van der Waals surface area contributed by atoms with Gasteiger partial charge in [0.25, 0.3) is 0 Å². The van der Waals surface area contributed by atoms with E-state index in [-0.39, 0.29) is 31.0 Å². The lowest BCUT2D eigenvalue weighted by molar-refractivity contribution is 0.0265. The van der Waals surface area contributed by atoms with E-state index in [1.165, 1.54) is 19.6 Å². The third-order valence-corrected chi connectivity index (χ3v) is 10.6. The Labute approximate surface area is 332 Å². The minimum atomic E-state index is -0.441. The van der Waals surface area contributed by atoms with Crippen molar-refractivity contribution in [1.29, 1.82) is 0 Å². The van der Waals surface area contributed by atoms with Gasteiger partial charge < -0.3 is 34.1 Å². The van der Waals surface area contributed by atoms with Gasteiger partial charge in [-0.2, -0.15) is 0 Å². The first-order valence-corrected chi connectivity index (χ1v) is 19.1. The van der Waals surface area contributed by atoms with Crippen LogP contribution >= 0.6 is 23.2 Å². The molecule has 2 aromatic rings. The molecule has 13 heteroatoms. The molecule has 11 nitrogen and oxygen atoms in total. The van der Waals surface area contributed by atoms with Gasteiger partial charge in [-0.05, 0) is 115 Å². The predicted molar refractivity (Wildman–Crippen MR) is 215 cm³/mol. The minimum Gasteiger partial charge on any atom is -0.495 e. The molecule has 0 aromatic heterocycles. The number of halogens is 2. The number of rotatable bonds is 5. The van der Waals surface area contributed by atoms with Crippen LogP contribution in [0.5, 0.6) is 11.5 Å². The fourth-order valence-corrected chi connectivity index (χ4v) is 7.57. The summed E-state index contributed by atoms with van der Waals surface area (Å²) in [5.74, 6) is 3.55. The van der Waals surface area contributed by atoms with Crippen LogP contribution in [0.25, 0.3) is 0 Å². The van der Waals surface area contributed by atoms with E-state index in [1.54, 1.807) is 25.3 Å². The number of carbonyl (C=O) groups is 3. The number of ketones is 1. The van der Waals surface area contributed by atoms with Crippen molar-refractivity contribution in [2.24, 2.45) is 23.7 Å². The maximum absolute atomic E-state index is 12.3. The van der Waals surface area contributed by atoms with E-state index in [0.29, 0.717) is 56.8 Å². The molecule has 0 bridgehead atoms. The molecule has 6 rings (SSSR count). The highest BCUT2D eigenvalue weighted by Gasteiger charge is 2.44. The van der Waals surface area contributed by atoms with Crippen LogP contribution in [0.15, 0.2) is 36.4 Å². The van der Waals surface area contributed by atoms with Crippen molar-refractivity contribution in [3.05, 3.63) is 57.6 Å². The van der Waals surface area contributed by atoms with E-state index < -0.39 is 5.60 Å². The third kappa shape index (κ3) is 12.4. The summed E-state index contributed by atoms with van der Waals surface area (Å²) < 4.78 is 21.2. The molecule has 1 N–H and O–H groups in total. The Morgan fingerprint density at radius 2 is 1.13 bits per heavy atom. The smallest absolute Gasteiger partial charge is 0.410 e. The molecule has 4 fully saturated rings. The van der Waals surface area contributed by atoms with E-state index in [0.717, 1.165) is 52.4 Å². The number of methoxy groups -OCH3 is 2. The Morgan fingerprint density at radius 1 is 0.704 bits per heavy atom. The number of hydrogen-bond acceptors (Lipinski definition) is 9. The first-order chi connectivity index (χ1) is 24.8. The van der Waals surface area contributed by atoms with Crippen LogP contribution in [0.2, 0.25) is 10.0 Å². The normalized spacial score (nSPS) is 22.4. The number of amides is 2. The number of ether oxygens (including phenoxy) is 4. The number of fused-ring (bicyclic) bond motifs is 2. The van der Waals surface area contributed by atoms with Gasteiger partial charge in [-0.3, -0.25) is 9.69 Å². The zero-order valence-corrected chi connectivity index (χ0v) is 34.5. The lowest BCUT2D eigenvalue weighted by Gasteiger charge is -2.28. The second kappa shape index (κ2) is 19.1. The second-order valence-corrected chi connectivity index (χ2v) is 17.2. The van der Waals surface area contributed by atoms with Gasteiger partial charge in [0, 0.05) is 64.0 Å². The molecule has 2 aromatic carbocycles. The summed E-state index contributed by atoms with van der Waals surface area (Å²) in [6.45, 7) is 22.5. The maximum atomic E-state index is 12.3. The minimum absolute atomic E-state index is 0. The largest absolute Gasteiger partial charge is 0.495 e. The van der Waals surface area contributed by atoms with Crippen LogP contribution in [0.1, 0.15) is 84.8 Å². The van der Waals surface area contributed by atoms with Crippen LogP contribution in [-0.2, 0) is 9.47 Å². The highest BCUT2D eigenvalue weighted by molar-refractivity contribution is 6.32. The van der Waals surface area contributed by atoms with Crippen LogP contribution in [-0.4, -0.2) is 110 Å². The standard InChI is InChI=1S/C20H29ClN2O3.C11H20N2O2.C9H9ClO2.CH4/c1-13(14-6-7-17(21)18(8-14)25-5)22-9-15-11-23(12-16(15)10-22)19(24)26-20(2,3)4;1-11(2,3)15-10(14)13-6-8-4-12-5-9(8)7-13;1-6(11)7-3-4-8(10)9(5-7)12-2;/h6-8,13,15-16H,9-12H2,1-5H3;8-9,12H,4-7H2,1-3H3;3-5H,1-2H3;1H4. The molecule has 4 heterocycles. The van der Waals surface area contributed by atoms with Crippen LogP contribution in [0.3, 0.4) is 0 Å². The van der Waals surface area contributed by atoms with Gasteiger partial charge in [-0.25, -0.2) is 9.59 Å². The average Bonchev–Trinajstić information content (AvgIpc) is 3.85. The van der Waals surface area contributed by atoms with Crippen LogP contribution < -0.4 is 14.8 Å². The number of hydrogen-bond donors (Lipinski definition) is 1. The van der Waals surface area contributed by atoms with Gasteiger partial charge in [-0.15, -0.1) is 0 Å². The lowest BCUT2D eigenvalue weighted by atomic mass is 10.0. The molecule has 2 amide bonds. The number of benzene rings is 2. The first kappa shape index (κ1) is 45.1. The molecule has 302 valence electrons. The van der Waals surface area contributed by atoms with E-state index in [2.05, 4.69) is 23.2 Å². The number of nitrogens with zero attached hydrogens (tertiary/aromatic N) is 3. The molecule has 4 saturated heterocycles. The predicted octanol–water partition coefficient (Wildman–Crippen LogP) is 8.47. The number of nitrogens with one attached hydrogen (secondary N) is 1. The summed E-state index contributed by atoms with van der Waals surface area (Å²) in [7, 11) is 3.16. The third-order valence-electron chi connectivity index (χ3n) is 9.97. The van der Waals surface area contributed by atoms with Crippen molar-refractivity contribution in [3.63, 3.8) is 0 Å². The van der Waals surface area contributed by atoms with Gasteiger partial charge >= 0.3 is 12.2 Å². The van der Waals surface area contributed by atoms with E-state index in [4.69, 9.17) is 42.1 Å². The molecule has 0 radical (unpaired) electrons. The van der Waals surface area contributed by atoms with E-state index >= 15 is 0 Å². The molecular weight excluding hydrogens is 731 g/mol. The molecule has 5 unspecified atom stereocenters. The van der Waals surface area contributed by atoms with Gasteiger partial charge in [0.15, 0.2) is 5.78 Å². The summed E-state index contributed by atoms with van der Waals surface area (Å²) in [5, 5.41) is 4.50. The SMILES string of the molecule is C.CC(C)(C)OC(=O)N1CC2CNCC2C1.COc1cc(C(C)=O)ccc1Cl.COc1cc(C(C)N2CC3CN(C(=O)OC(C)(C)C)CC3C2)ccc1Cl. The number of likely N-dealkylation sites (tertiary alicyclic amines) is 3. The summed E-state index contributed by atoms with van der Waals surface area (Å²) in [4.78, 5) is 41.2. The van der Waals surface area contributed by atoms with Crippen molar-refractivity contribution in [2.45, 2.75) is 80.1 Å². The summed E-state index contributed by atoms with van der Waals surface area (Å²) >= 11 is 11.9. The first-order valence-electron chi connectivity index (χ1n) is 18.4. The van der Waals surface area contributed by atoms with Gasteiger partial charge in [-0.1, -0.05) is 36.7 Å². The summed E-state index contributed by atoms with van der Waals surface area (Å²) in [5.41, 5.74) is 0.988. The zero-order chi connectivity index (χ0) is 39.2. The fourth-order valence-electron chi connectivity index (χ4n) is 7.18. The highest BCUT2D eigenvalue weighted by atomic mass is 35.5. The van der Waals surface area contributed by atoms with Crippen molar-refractivity contribution < 1.29 is 33.3 Å². The molecule has 0 saturated carbocycles.